The lowest BCUT2D eigenvalue weighted by Gasteiger charge is -2.52. The van der Waals surface area contributed by atoms with Gasteiger partial charge in [0.2, 0.25) is 12.2 Å². The number of hydrogen-bond acceptors (Lipinski definition) is 11. The lowest BCUT2D eigenvalue weighted by atomic mass is 9.84. The lowest BCUT2D eigenvalue weighted by molar-refractivity contribution is -0.278. The maximum absolute atomic E-state index is 12.8. The minimum atomic E-state index is -1.67. The fraction of sp³-hybridized carbons (Fsp3) is 0.500. The molecule has 0 spiro atoms. The van der Waals surface area contributed by atoms with Crippen molar-refractivity contribution in [2.75, 3.05) is 12.3 Å². The van der Waals surface area contributed by atoms with Gasteiger partial charge in [0, 0.05) is 5.38 Å². The summed E-state index contributed by atoms with van der Waals surface area (Å²) < 4.78 is 0. The number of hydrogen-bond donors (Lipinski definition) is 5. The number of aliphatic hydroxyl groups is 1. The molecule has 1 fully saturated rings. The van der Waals surface area contributed by atoms with E-state index in [1.165, 1.54) is 26.2 Å². The van der Waals surface area contributed by atoms with Gasteiger partial charge in [-0.1, -0.05) is 5.16 Å². The van der Waals surface area contributed by atoms with Crippen molar-refractivity contribution in [2.45, 2.75) is 44.6 Å². The molecule has 1 saturated heterocycles. The lowest BCUT2D eigenvalue weighted by Crippen LogP contribution is -2.77. The van der Waals surface area contributed by atoms with Crippen LogP contribution in [-0.4, -0.2) is 85.2 Å². The minimum Gasteiger partial charge on any atom is -0.479 e. The summed E-state index contributed by atoms with van der Waals surface area (Å²) in [5.41, 5.74) is 3.97. The number of carboxylic acids is 2. The number of β-lactam (4-membered cyclic amide) rings is 1. The number of carboxylic acid groups (broad SMARTS) is 2. The number of oxime groups is 1. The maximum atomic E-state index is 12.8. The summed E-state index contributed by atoms with van der Waals surface area (Å²) in [6, 6.07) is -1.15. The number of anilines is 1. The number of nitrogen functional groups attached to an aromatic ring is 1. The van der Waals surface area contributed by atoms with Crippen LogP contribution in [0.5, 0.6) is 0 Å². The summed E-state index contributed by atoms with van der Waals surface area (Å²) in [6.07, 6.45) is -3.03. The van der Waals surface area contributed by atoms with E-state index in [-0.39, 0.29) is 10.8 Å². The molecule has 14 nitrogen and oxygen atoms in total. The van der Waals surface area contributed by atoms with Gasteiger partial charge in [0.1, 0.15) is 11.7 Å². The van der Waals surface area contributed by atoms with Crippen molar-refractivity contribution < 1.29 is 44.2 Å². The predicted molar refractivity (Wildman–Crippen MR) is 104 cm³/mol. The molecule has 2 unspecified atom stereocenters. The molecule has 170 valence electrons. The number of aliphatic hydroxyl groups excluding tert-OH is 1. The van der Waals surface area contributed by atoms with E-state index in [2.05, 4.69) is 15.5 Å². The van der Waals surface area contributed by atoms with Gasteiger partial charge in [-0.25, -0.2) is 19.6 Å². The van der Waals surface area contributed by atoms with Crippen molar-refractivity contribution in [1.82, 2.24) is 15.4 Å². The first-order chi connectivity index (χ1) is 14.4. The van der Waals surface area contributed by atoms with Crippen LogP contribution in [0.4, 0.5) is 5.13 Å². The van der Waals surface area contributed by atoms with Gasteiger partial charge in [0.15, 0.2) is 10.8 Å². The molecule has 15 heteroatoms. The van der Waals surface area contributed by atoms with Crippen molar-refractivity contribution in [3.05, 3.63) is 11.1 Å². The zero-order chi connectivity index (χ0) is 23.5. The minimum absolute atomic E-state index is 0.00138. The van der Waals surface area contributed by atoms with Crippen LogP contribution < -0.4 is 11.1 Å². The third-order valence-electron chi connectivity index (χ3n) is 4.26. The highest BCUT2D eigenvalue weighted by atomic mass is 32.1. The second kappa shape index (κ2) is 9.23. The number of amides is 2. The SMILES string of the molecule is CC(O/N=C(\C(=O)N[C@@H]1C(=O)N(OC(CO)C(=O)O)C1(C)C)c1csc(N)n1)C(=O)O. The molecule has 0 saturated carbocycles. The van der Waals surface area contributed by atoms with Gasteiger partial charge >= 0.3 is 11.9 Å². The number of aliphatic carboxylic acids is 2. The summed E-state index contributed by atoms with van der Waals surface area (Å²) in [5, 5.41) is 35.2. The van der Waals surface area contributed by atoms with Crippen LogP contribution >= 0.6 is 11.3 Å². The molecule has 31 heavy (non-hydrogen) atoms. The van der Waals surface area contributed by atoms with Crippen molar-refractivity contribution in [1.29, 1.82) is 0 Å². The fourth-order valence-electron chi connectivity index (χ4n) is 2.44. The summed E-state index contributed by atoms with van der Waals surface area (Å²) in [6.45, 7) is 3.32. The number of nitrogens with zero attached hydrogens (tertiary/aromatic N) is 3. The van der Waals surface area contributed by atoms with Crippen LogP contribution in [0.15, 0.2) is 10.5 Å². The molecule has 6 N–H and O–H groups in total. The van der Waals surface area contributed by atoms with Gasteiger partial charge in [0.05, 0.1) is 12.1 Å². The average Bonchev–Trinajstić information content (AvgIpc) is 3.11. The van der Waals surface area contributed by atoms with E-state index in [1.807, 2.05) is 0 Å². The molecule has 1 aliphatic rings. The van der Waals surface area contributed by atoms with Gasteiger partial charge in [-0.05, 0) is 20.8 Å². The monoisotopic (exact) mass is 459 g/mol. The number of carbonyl (C=O) groups is 4. The van der Waals surface area contributed by atoms with E-state index in [0.29, 0.717) is 0 Å². The normalized spacial score (nSPS) is 19.9. The van der Waals surface area contributed by atoms with Crippen LogP contribution in [0.2, 0.25) is 0 Å². The smallest absolute Gasteiger partial charge is 0.347 e. The topological polar surface area (TPSA) is 214 Å². The molecular formula is C16H21N5O9S. The Balaban J connectivity index is 2.19. The Morgan fingerprint density at radius 3 is 2.48 bits per heavy atom. The summed E-state index contributed by atoms with van der Waals surface area (Å²) >= 11 is 1.00. The summed E-state index contributed by atoms with van der Waals surface area (Å²) in [7, 11) is 0. The Hall–Kier alpha value is -3.30. The Morgan fingerprint density at radius 2 is 2.03 bits per heavy atom. The highest BCUT2D eigenvalue weighted by Gasteiger charge is 2.57. The van der Waals surface area contributed by atoms with E-state index >= 15 is 0 Å². The third kappa shape index (κ3) is 5.07. The first-order valence-corrected chi connectivity index (χ1v) is 9.61. The Labute approximate surface area is 179 Å². The molecule has 2 amide bonds. The maximum Gasteiger partial charge on any atom is 0.347 e. The van der Waals surface area contributed by atoms with Crippen LogP contribution in [0.3, 0.4) is 0 Å². The largest absolute Gasteiger partial charge is 0.479 e. The van der Waals surface area contributed by atoms with E-state index in [4.69, 9.17) is 30.7 Å². The second-order valence-corrected chi connectivity index (χ2v) is 7.79. The Morgan fingerprint density at radius 1 is 1.39 bits per heavy atom. The van der Waals surface area contributed by atoms with Gasteiger partial charge in [-0.3, -0.25) is 14.4 Å². The number of nitrogens with one attached hydrogen (secondary N) is 1. The summed E-state index contributed by atoms with van der Waals surface area (Å²) in [5.74, 6) is -4.47. The van der Waals surface area contributed by atoms with Gasteiger partial charge < -0.3 is 31.2 Å². The van der Waals surface area contributed by atoms with Crippen LogP contribution in [0, 0.1) is 0 Å². The molecule has 0 bridgehead atoms. The average molecular weight is 459 g/mol. The molecule has 0 aromatic carbocycles. The quantitative estimate of drug-likeness (QED) is 0.153. The third-order valence-corrected chi connectivity index (χ3v) is 4.93. The number of aromatic nitrogens is 1. The Bertz CT molecular complexity index is 915. The van der Waals surface area contributed by atoms with Crippen molar-refractivity contribution in [2.24, 2.45) is 5.16 Å². The number of thiazole rings is 1. The highest BCUT2D eigenvalue weighted by molar-refractivity contribution is 7.13. The van der Waals surface area contributed by atoms with Crippen LogP contribution in [0.1, 0.15) is 26.5 Å². The second-order valence-electron chi connectivity index (χ2n) is 6.90. The number of hydroxylamine groups is 2. The van der Waals surface area contributed by atoms with E-state index in [1.54, 1.807) is 0 Å². The molecule has 3 atom stereocenters. The fourth-order valence-corrected chi connectivity index (χ4v) is 2.99. The number of rotatable bonds is 10. The zero-order valence-electron chi connectivity index (χ0n) is 16.6. The Kier molecular flexibility index (Phi) is 7.14. The van der Waals surface area contributed by atoms with Crippen molar-refractivity contribution in [3.8, 4) is 0 Å². The highest BCUT2D eigenvalue weighted by Crippen LogP contribution is 2.33. The number of nitrogens with two attached hydrogens (primary N) is 1. The molecule has 0 aliphatic carbocycles. The molecule has 2 heterocycles. The van der Waals surface area contributed by atoms with Gasteiger partial charge in [-0.15, -0.1) is 11.3 Å². The van der Waals surface area contributed by atoms with Gasteiger partial charge in [0.25, 0.3) is 11.8 Å². The first kappa shape index (κ1) is 24.0. The van der Waals surface area contributed by atoms with E-state index in [0.717, 1.165) is 16.4 Å². The van der Waals surface area contributed by atoms with E-state index in [9.17, 15) is 19.2 Å². The molecule has 1 aromatic heterocycles. The van der Waals surface area contributed by atoms with Crippen LogP contribution in [-0.2, 0) is 28.9 Å². The first-order valence-electron chi connectivity index (χ1n) is 8.73. The molecule has 1 aliphatic heterocycles. The van der Waals surface area contributed by atoms with Crippen LogP contribution in [0.25, 0.3) is 0 Å². The molecule has 1 aromatic rings. The predicted octanol–water partition coefficient (Wildman–Crippen LogP) is -1.60. The van der Waals surface area contributed by atoms with E-state index < -0.39 is 59.9 Å². The van der Waals surface area contributed by atoms with Crippen molar-refractivity contribution >= 4 is 45.9 Å². The number of carbonyl (C=O) groups excluding carboxylic acids is 2. The van der Waals surface area contributed by atoms with Crippen molar-refractivity contribution in [3.63, 3.8) is 0 Å². The zero-order valence-corrected chi connectivity index (χ0v) is 17.5. The molecular weight excluding hydrogens is 438 g/mol. The molecule has 2 rings (SSSR count). The molecule has 0 radical (unpaired) electrons. The van der Waals surface area contributed by atoms with Gasteiger partial charge in [-0.2, -0.15) is 0 Å². The standard InChI is InChI=1S/C16H21N5O9S/c1-6(13(25)26)29-20-9(7-5-31-15(17)18-7)11(23)19-10-12(24)21(16(10,2)3)30-8(4-22)14(27)28/h5-6,8,10,22H,4H2,1-3H3,(H2,17,18)(H,19,23)(H,25,26)(H,27,28)/b20-9-/t6?,8?,10-/m1/s1. The summed E-state index contributed by atoms with van der Waals surface area (Å²) in [4.78, 5) is 60.9.